The number of hydrogen-bond donors (Lipinski definition) is 2. The van der Waals surface area contributed by atoms with E-state index in [9.17, 15) is 4.79 Å². The van der Waals surface area contributed by atoms with E-state index in [0.717, 1.165) is 16.5 Å². The third-order valence-corrected chi connectivity index (χ3v) is 2.60. The first-order valence-electron chi connectivity index (χ1n) is 5.13. The van der Waals surface area contributed by atoms with Gasteiger partial charge in [0.15, 0.2) is 0 Å². The maximum Gasteiger partial charge on any atom is 0.245 e. The van der Waals surface area contributed by atoms with Gasteiger partial charge >= 0.3 is 0 Å². The normalized spacial score (nSPS) is 10.6. The summed E-state index contributed by atoms with van der Waals surface area (Å²) >= 11 is 0. The van der Waals surface area contributed by atoms with Crippen LogP contribution in [0.25, 0.3) is 10.9 Å². The topological polar surface area (TPSA) is 54.3 Å². The predicted octanol–water partition coefficient (Wildman–Crippen LogP) is 0.787. The van der Waals surface area contributed by atoms with Crippen molar-refractivity contribution in [3.63, 3.8) is 0 Å². The summed E-state index contributed by atoms with van der Waals surface area (Å²) in [5.74, 6) is -0.354. The van der Waals surface area contributed by atoms with Crippen LogP contribution in [0.15, 0.2) is 30.5 Å². The Hall–Kier alpha value is -1.81. The second-order valence-corrected chi connectivity index (χ2v) is 3.72. The molecule has 2 rings (SSSR count). The fourth-order valence-electron chi connectivity index (χ4n) is 1.82. The van der Waals surface area contributed by atoms with E-state index in [4.69, 9.17) is 5.11 Å². The van der Waals surface area contributed by atoms with Crippen LogP contribution in [0.2, 0.25) is 0 Å². The van der Waals surface area contributed by atoms with Gasteiger partial charge in [0.25, 0.3) is 0 Å². The molecule has 4 nitrogen and oxygen atoms in total. The molecule has 0 radical (unpaired) electrons. The van der Waals surface area contributed by atoms with Gasteiger partial charge < -0.3 is 15.0 Å². The number of para-hydroxylation sites is 1. The van der Waals surface area contributed by atoms with E-state index >= 15 is 0 Å². The summed E-state index contributed by atoms with van der Waals surface area (Å²) in [6, 6.07) is 8.01. The summed E-state index contributed by atoms with van der Waals surface area (Å²) in [6.07, 6.45) is 1.99. The van der Waals surface area contributed by atoms with Crippen LogP contribution < -0.4 is 5.32 Å². The predicted molar refractivity (Wildman–Crippen MR) is 61.9 cm³/mol. The quantitative estimate of drug-likeness (QED) is 0.800. The number of hydrogen-bond acceptors (Lipinski definition) is 2. The zero-order valence-corrected chi connectivity index (χ0v) is 9.10. The molecule has 0 saturated heterocycles. The molecule has 1 aromatic heterocycles. The van der Waals surface area contributed by atoms with Crippen LogP contribution in [-0.2, 0) is 18.4 Å². The molecule has 0 atom stereocenters. The number of rotatable bonds is 3. The van der Waals surface area contributed by atoms with Crippen molar-refractivity contribution < 1.29 is 9.90 Å². The molecule has 0 unspecified atom stereocenters. The molecule has 4 heteroatoms. The molecule has 0 bridgehead atoms. The first-order valence-corrected chi connectivity index (χ1v) is 5.13. The first kappa shape index (κ1) is 10.7. The number of aliphatic hydroxyl groups excluding tert-OH is 1. The number of benzene rings is 1. The van der Waals surface area contributed by atoms with Gasteiger partial charge in [-0.05, 0) is 11.6 Å². The summed E-state index contributed by atoms with van der Waals surface area (Å²) in [4.78, 5) is 11.0. The Kier molecular flexibility index (Phi) is 2.92. The molecule has 84 valence electrons. The lowest BCUT2D eigenvalue weighted by Gasteiger charge is -2.01. The lowest BCUT2D eigenvalue weighted by Crippen LogP contribution is -2.25. The van der Waals surface area contributed by atoms with Crippen molar-refractivity contribution in [2.24, 2.45) is 7.05 Å². The van der Waals surface area contributed by atoms with Crippen molar-refractivity contribution in [1.29, 1.82) is 0 Å². The largest absolute Gasteiger partial charge is 0.387 e. The summed E-state index contributed by atoms with van der Waals surface area (Å²) in [6.45, 7) is -0.0223. The van der Waals surface area contributed by atoms with Crippen LogP contribution in [0.3, 0.4) is 0 Å². The van der Waals surface area contributed by atoms with E-state index in [-0.39, 0.29) is 5.91 Å². The van der Waals surface area contributed by atoms with E-state index in [0.29, 0.717) is 6.54 Å². The minimum atomic E-state index is -0.467. The van der Waals surface area contributed by atoms with Crippen LogP contribution in [0.4, 0.5) is 0 Å². The fraction of sp³-hybridized carbons (Fsp3) is 0.250. The van der Waals surface area contributed by atoms with Crippen LogP contribution in [0, 0.1) is 0 Å². The van der Waals surface area contributed by atoms with Crippen molar-refractivity contribution in [2.45, 2.75) is 6.54 Å². The molecule has 0 fully saturated rings. The van der Waals surface area contributed by atoms with Gasteiger partial charge in [0.2, 0.25) is 5.91 Å². The molecule has 0 spiro atoms. The minimum absolute atomic E-state index is 0.354. The Bertz CT molecular complexity index is 517. The summed E-state index contributed by atoms with van der Waals surface area (Å²) in [5.41, 5.74) is 2.19. The number of aliphatic hydroxyl groups is 1. The molecule has 1 aromatic carbocycles. The van der Waals surface area contributed by atoms with Gasteiger partial charge in [-0.25, -0.2) is 0 Å². The monoisotopic (exact) mass is 218 g/mol. The van der Waals surface area contributed by atoms with E-state index in [1.165, 1.54) is 0 Å². The summed E-state index contributed by atoms with van der Waals surface area (Å²) < 4.78 is 2.02. The number of aryl methyl sites for hydroxylation is 1. The van der Waals surface area contributed by atoms with Crippen molar-refractivity contribution in [1.82, 2.24) is 9.88 Å². The average molecular weight is 218 g/mol. The molecular weight excluding hydrogens is 204 g/mol. The average Bonchev–Trinajstić information content (AvgIpc) is 2.64. The van der Waals surface area contributed by atoms with Crippen LogP contribution in [0.5, 0.6) is 0 Å². The molecule has 16 heavy (non-hydrogen) atoms. The van der Waals surface area contributed by atoms with E-state index in [2.05, 4.69) is 5.32 Å². The maximum absolute atomic E-state index is 11.0. The number of nitrogens with one attached hydrogen (secondary N) is 1. The number of amides is 1. The zero-order valence-electron chi connectivity index (χ0n) is 9.10. The number of nitrogens with zero attached hydrogens (tertiary/aromatic N) is 1. The van der Waals surface area contributed by atoms with E-state index in [1.54, 1.807) is 0 Å². The molecule has 0 aliphatic heterocycles. The summed E-state index contributed by atoms with van der Waals surface area (Å²) in [7, 11) is 1.97. The van der Waals surface area contributed by atoms with Gasteiger partial charge in [0.1, 0.15) is 6.61 Å². The van der Waals surface area contributed by atoms with Crippen molar-refractivity contribution in [2.75, 3.05) is 6.61 Å². The van der Waals surface area contributed by atoms with Crippen LogP contribution in [-0.4, -0.2) is 22.2 Å². The van der Waals surface area contributed by atoms with E-state index < -0.39 is 6.61 Å². The fourth-order valence-corrected chi connectivity index (χ4v) is 1.82. The number of carbonyl (C=O) groups is 1. The van der Waals surface area contributed by atoms with Crippen molar-refractivity contribution >= 4 is 16.8 Å². The highest BCUT2D eigenvalue weighted by atomic mass is 16.3. The molecule has 2 aromatic rings. The maximum atomic E-state index is 11.0. The van der Waals surface area contributed by atoms with Crippen LogP contribution in [0.1, 0.15) is 5.56 Å². The zero-order chi connectivity index (χ0) is 11.5. The molecule has 0 aliphatic carbocycles. The Morgan fingerprint density at radius 3 is 2.94 bits per heavy atom. The third-order valence-electron chi connectivity index (χ3n) is 2.60. The highest BCUT2D eigenvalue weighted by Crippen LogP contribution is 2.19. The second-order valence-electron chi connectivity index (χ2n) is 3.72. The van der Waals surface area contributed by atoms with Gasteiger partial charge in [-0.1, -0.05) is 18.2 Å². The third kappa shape index (κ3) is 1.92. The summed E-state index contributed by atoms with van der Waals surface area (Å²) in [5, 5.41) is 12.4. The first-order chi connectivity index (χ1) is 7.72. The Morgan fingerprint density at radius 2 is 2.19 bits per heavy atom. The lowest BCUT2D eigenvalue weighted by molar-refractivity contribution is -0.123. The van der Waals surface area contributed by atoms with Gasteiger partial charge in [0.05, 0.1) is 0 Å². The Balaban J connectivity index is 2.27. The van der Waals surface area contributed by atoms with Gasteiger partial charge in [-0.3, -0.25) is 4.79 Å². The number of aromatic nitrogens is 1. The molecule has 0 saturated carbocycles. The Labute approximate surface area is 93.5 Å². The van der Waals surface area contributed by atoms with Crippen LogP contribution >= 0.6 is 0 Å². The van der Waals surface area contributed by atoms with Gasteiger partial charge in [0, 0.05) is 30.7 Å². The lowest BCUT2D eigenvalue weighted by atomic mass is 10.2. The highest BCUT2D eigenvalue weighted by Gasteiger charge is 2.06. The molecule has 1 amide bonds. The van der Waals surface area contributed by atoms with Crippen molar-refractivity contribution in [3.8, 4) is 0 Å². The number of fused-ring (bicyclic) bond motifs is 1. The Morgan fingerprint density at radius 1 is 1.44 bits per heavy atom. The SMILES string of the molecule is Cn1cc(CNC(=O)CO)c2ccccc21. The molecule has 0 aliphatic rings. The van der Waals surface area contributed by atoms with Crippen molar-refractivity contribution in [3.05, 3.63) is 36.0 Å². The van der Waals surface area contributed by atoms with Gasteiger partial charge in [-0.2, -0.15) is 0 Å². The van der Waals surface area contributed by atoms with Gasteiger partial charge in [-0.15, -0.1) is 0 Å². The molecule has 2 N–H and O–H groups in total. The standard InChI is InChI=1S/C12H14N2O2/c1-14-7-9(6-13-12(16)8-15)10-4-2-3-5-11(10)14/h2-5,7,15H,6,8H2,1H3,(H,13,16). The molecule has 1 heterocycles. The second kappa shape index (κ2) is 4.37. The highest BCUT2D eigenvalue weighted by molar-refractivity contribution is 5.84. The molecular formula is C12H14N2O2. The van der Waals surface area contributed by atoms with E-state index in [1.807, 2.05) is 42.1 Å². The minimum Gasteiger partial charge on any atom is -0.387 e. The number of carbonyl (C=O) groups excluding carboxylic acids is 1. The smallest absolute Gasteiger partial charge is 0.245 e.